The Hall–Kier alpha value is -2.98. The maximum absolute atomic E-state index is 14.6. The summed E-state index contributed by atoms with van der Waals surface area (Å²) in [5.74, 6) is -0.0230. The highest BCUT2D eigenvalue weighted by atomic mass is 35.5. The molecule has 35 heavy (non-hydrogen) atoms. The van der Waals surface area contributed by atoms with E-state index in [2.05, 4.69) is 9.98 Å². The molecular weight excluding hydrogens is 491 g/mol. The van der Waals surface area contributed by atoms with Gasteiger partial charge >= 0.3 is 0 Å². The number of hydrogen-bond donors (Lipinski definition) is 0. The molecule has 1 amide bonds. The van der Waals surface area contributed by atoms with Gasteiger partial charge in [0.25, 0.3) is 0 Å². The number of benzene rings is 1. The summed E-state index contributed by atoms with van der Waals surface area (Å²) < 4.78 is 19.9. The van der Waals surface area contributed by atoms with E-state index >= 15 is 0 Å². The van der Waals surface area contributed by atoms with Crippen LogP contribution in [0.3, 0.4) is 0 Å². The minimum atomic E-state index is -0.413. The number of ether oxygens (including phenoxy) is 1. The topological polar surface area (TPSA) is 73.6 Å². The number of amides is 1. The smallest absolute Gasteiger partial charge is 0.244 e. The number of aliphatic imine (C=N–C) groups is 1. The van der Waals surface area contributed by atoms with Gasteiger partial charge in [-0.05, 0) is 19.1 Å². The molecule has 11 heteroatoms. The van der Waals surface area contributed by atoms with E-state index in [-0.39, 0.29) is 36.1 Å². The molecule has 3 heterocycles. The lowest BCUT2D eigenvalue weighted by molar-refractivity contribution is -0.134. The molecule has 1 aromatic heterocycles. The first-order valence-electron chi connectivity index (χ1n) is 11.3. The normalized spacial score (nSPS) is 24.1. The fraction of sp³-hybridized carbons (Fsp3) is 0.417. The van der Waals surface area contributed by atoms with E-state index in [4.69, 9.17) is 21.4 Å². The Labute approximate surface area is 213 Å². The van der Waals surface area contributed by atoms with Crippen molar-refractivity contribution < 1.29 is 13.9 Å². The van der Waals surface area contributed by atoms with E-state index in [9.17, 15) is 9.18 Å². The lowest BCUT2D eigenvalue weighted by atomic mass is 10.1. The molecule has 1 saturated heterocycles. The van der Waals surface area contributed by atoms with Crippen LogP contribution in [-0.2, 0) is 4.79 Å². The molecule has 2 aromatic rings. The van der Waals surface area contributed by atoms with Crippen molar-refractivity contribution >= 4 is 46.5 Å². The van der Waals surface area contributed by atoms with E-state index in [0.717, 1.165) is 10.7 Å². The number of thiazole rings is 1. The number of hydrazone groups is 1. The maximum atomic E-state index is 14.6. The van der Waals surface area contributed by atoms with Gasteiger partial charge in [-0.15, -0.1) is 11.3 Å². The zero-order valence-corrected chi connectivity index (χ0v) is 21.5. The molecule has 1 aromatic carbocycles. The third kappa shape index (κ3) is 5.82. The van der Waals surface area contributed by atoms with Crippen LogP contribution in [0.4, 0.5) is 10.1 Å². The summed E-state index contributed by atoms with van der Waals surface area (Å²) in [6.07, 6.45) is 7.38. The van der Waals surface area contributed by atoms with Crippen molar-refractivity contribution in [3.8, 4) is 5.75 Å². The van der Waals surface area contributed by atoms with Gasteiger partial charge in [-0.1, -0.05) is 24.6 Å². The summed E-state index contributed by atoms with van der Waals surface area (Å²) in [5.41, 5.74) is 1.22. The van der Waals surface area contributed by atoms with Crippen molar-refractivity contribution in [3.63, 3.8) is 0 Å². The summed E-state index contributed by atoms with van der Waals surface area (Å²) in [5, 5.41) is 9.42. The average molecular weight is 519 g/mol. The van der Waals surface area contributed by atoms with Gasteiger partial charge in [-0.3, -0.25) is 14.8 Å². The first-order valence-corrected chi connectivity index (χ1v) is 12.6. The van der Waals surface area contributed by atoms with Crippen LogP contribution >= 0.6 is 22.9 Å². The second-order valence-electron chi connectivity index (χ2n) is 8.45. The largest absolute Gasteiger partial charge is 0.495 e. The van der Waals surface area contributed by atoms with Crippen LogP contribution in [0.2, 0.25) is 5.02 Å². The summed E-state index contributed by atoms with van der Waals surface area (Å²) >= 11 is 7.56. The van der Waals surface area contributed by atoms with Crippen molar-refractivity contribution in [2.45, 2.75) is 19.9 Å². The van der Waals surface area contributed by atoms with Gasteiger partial charge in [0.15, 0.2) is 0 Å². The fourth-order valence-corrected chi connectivity index (χ4v) is 5.12. The Morgan fingerprint density at radius 3 is 2.86 bits per heavy atom. The van der Waals surface area contributed by atoms with Crippen molar-refractivity contribution in [3.05, 3.63) is 51.7 Å². The Morgan fingerprint density at radius 2 is 2.14 bits per heavy atom. The molecule has 186 valence electrons. The SMILES string of the molecule is COc1cc(N2CCN(C(=O)CN3C/N=C\C=C/C(C)/C(c4nccs4)=N\3)C(C)C2)c(F)cc1Cl. The predicted molar refractivity (Wildman–Crippen MR) is 138 cm³/mol. The number of methoxy groups -OCH3 is 1. The van der Waals surface area contributed by atoms with Crippen LogP contribution in [0.5, 0.6) is 5.75 Å². The van der Waals surface area contributed by atoms with E-state index in [1.165, 1.54) is 24.5 Å². The molecule has 2 aliphatic heterocycles. The van der Waals surface area contributed by atoms with Gasteiger partial charge in [-0.25, -0.2) is 9.37 Å². The predicted octanol–water partition coefficient (Wildman–Crippen LogP) is 3.92. The monoisotopic (exact) mass is 518 g/mol. The highest BCUT2D eigenvalue weighted by Gasteiger charge is 2.30. The van der Waals surface area contributed by atoms with E-state index in [0.29, 0.717) is 31.1 Å². The summed E-state index contributed by atoms with van der Waals surface area (Å²) in [7, 11) is 1.50. The van der Waals surface area contributed by atoms with Crippen LogP contribution in [0.15, 0.2) is 46.0 Å². The Balaban J connectivity index is 1.47. The zero-order chi connectivity index (χ0) is 24.9. The Morgan fingerprint density at radius 1 is 1.31 bits per heavy atom. The van der Waals surface area contributed by atoms with Gasteiger partial charge in [0.1, 0.15) is 35.5 Å². The minimum Gasteiger partial charge on any atom is -0.495 e. The van der Waals surface area contributed by atoms with Gasteiger partial charge in [0.2, 0.25) is 5.91 Å². The zero-order valence-electron chi connectivity index (χ0n) is 19.9. The number of anilines is 1. The molecule has 0 N–H and O–H groups in total. The summed E-state index contributed by atoms with van der Waals surface area (Å²) in [6.45, 7) is 5.80. The number of halogens is 2. The molecule has 0 radical (unpaired) electrons. The van der Waals surface area contributed by atoms with Crippen LogP contribution in [0.1, 0.15) is 18.9 Å². The van der Waals surface area contributed by atoms with Gasteiger partial charge in [0, 0.05) is 55.5 Å². The number of allylic oxidation sites excluding steroid dienone is 2. The molecule has 0 saturated carbocycles. The van der Waals surface area contributed by atoms with Crippen molar-refractivity contribution in [1.29, 1.82) is 0 Å². The van der Waals surface area contributed by atoms with E-state index in [1.54, 1.807) is 23.5 Å². The number of nitrogens with zero attached hydrogens (tertiary/aromatic N) is 6. The second kappa shape index (κ2) is 11.2. The first kappa shape index (κ1) is 25.1. The third-order valence-corrected chi connectivity index (χ3v) is 7.09. The van der Waals surface area contributed by atoms with Crippen molar-refractivity contribution in [2.75, 3.05) is 44.9 Å². The second-order valence-corrected chi connectivity index (χ2v) is 9.76. The van der Waals surface area contributed by atoms with Crippen LogP contribution in [0.25, 0.3) is 0 Å². The Kier molecular flexibility index (Phi) is 8.02. The van der Waals surface area contributed by atoms with E-state index < -0.39 is 5.82 Å². The third-order valence-electron chi connectivity index (χ3n) is 6.00. The molecule has 8 nitrogen and oxygen atoms in total. The van der Waals surface area contributed by atoms with Gasteiger partial charge in [0.05, 0.1) is 17.8 Å². The molecule has 4 rings (SSSR count). The molecule has 2 atom stereocenters. The number of piperazine rings is 1. The lowest BCUT2D eigenvalue weighted by Gasteiger charge is -2.41. The fourth-order valence-electron chi connectivity index (χ4n) is 4.17. The quantitative estimate of drug-likeness (QED) is 0.600. The molecule has 0 spiro atoms. The van der Waals surface area contributed by atoms with Crippen LogP contribution in [-0.4, -0.2) is 78.7 Å². The van der Waals surface area contributed by atoms with Crippen molar-refractivity contribution in [1.82, 2.24) is 14.9 Å². The summed E-state index contributed by atoms with van der Waals surface area (Å²) in [4.78, 5) is 25.8. The van der Waals surface area contributed by atoms with Gasteiger partial charge in [-0.2, -0.15) is 5.10 Å². The highest BCUT2D eigenvalue weighted by molar-refractivity contribution is 7.11. The van der Waals surface area contributed by atoms with Gasteiger partial charge < -0.3 is 14.5 Å². The first-order chi connectivity index (χ1) is 16.9. The average Bonchev–Trinajstić information content (AvgIpc) is 3.37. The number of carbonyl (C=O) groups is 1. The van der Waals surface area contributed by atoms with E-state index in [1.807, 2.05) is 41.2 Å². The minimum absolute atomic E-state index is 0.0250. The molecular formula is C24H28ClFN6O2S. The maximum Gasteiger partial charge on any atom is 0.244 e. The number of rotatable bonds is 5. The number of carbonyl (C=O) groups excluding carboxylic acids is 1. The van der Waals surface area contributed by atoms with Crippen LogP contribution in [0, 0.1) is 11.7 Å². The molecule has 0 bridgehead atoms. The molecule has 1 fully saturated rings. The lowest BCUT2D eigenvalue weighted by Crippen LogP contribution is -2.56. The molecule has 0 aliphatic carbocycles. The highest BCUT2D eigenvalue weighted by Crippen LogP contribution is 2.33. The molecule has 2 aliphatic rings. The number of aromatic nitrogens is 1. The molecule has 2 unspecified atom stereocenters. The van der Waals surface area contributed by atoms with Crippen molar-refractivity contribution in [2.24, 2.45) is 16.0 Å². The van der Waals surface area contributed by atoms with Crippen LogP contribution < -0.4 is 9.64 Å². The number of hydrogen-bond acceptors (Lipinski definition) is 8. The standard InChI is InChI=1S/C24H28ClFN6O2S/c1-16-5-4-6-27-15-31(29-23(16)24-28-7-10-35-24)14-22(33)32-9-8-30(13-17(32)2)20-12-21(34-3)18(25)11-19(20)26/h4-7,10-12,16-17H,8-9,13-15H2,1-3H3/b5-4-,27-6-,29-23+. The summed E-state index contributed by atoms with van der Waals surface area (Å²) in [6, 6.07) is 2.74. The Bertz CT molecular complexity index is 1140.